The zero-order valence-electron chi connectivity index (χ0n) is 10.0. The van der Waals surface area contributed by atoms with Crippen LogP contribution in [0.3, 0.4) is 0 Å². The summed E-state index contributed by atoms with van der Waals surface area (Å²) in [4.78, 5) is 13.5. The van der Waals surface area contributed by atoms with Gasteiger partial charge in [0.15, 0.2) is 0 Å². The third-order valence-corrected chi connectivity index (χ3v) is 2.99. The number of nitrogens with one attached hydrogen (secondary N) is 1. The predicted molar refractivity (Wildman–Crippen MR) is 62.7 cm³/mol. The summed E-state index contributed by atoms with van der Waals surface area (Å²) in [5.74, 6) is 0.0864. The van der Waals surface area contributed by atoms with Gasteiger partial charge in [-0.05, 0) is 6.42 Å². The van der Waals surface area contributed by atoms with Crippen LogP contribution in [0, 0.1) is 17.2 Å². The first-order chi connectivity index (χ1) is 8.21. The summed E-state index contributed by atoms with van der Waals surface area (Å²) < 4.78 is 0. The maximum Gasteiger partial charge on any atom is 0.235 e. The van der Waals surface area contributed by atoms with E-state index in [-0.39, 0.29) is 18.4 Å². The van der Waals surface area contributed by atoms with Crippen LogP contribution in [0.5, 0.6) is 0 Å². The van der Waals surface area contributed by atoms with Gasteiger partial charge in [0, 0.05) is 25.4 Å². The first-order valence-electron chi connectivity index (χ1n) is 5.78. The number of oxime groups is 1. The molecule has 1 rings (SSSR count). The van der Waals surface area contributed by atoms with Gasteiger partial charge in [-0.1, -0.05) is 12.1 Å². The van der Waals surface area contributed by atoms with E-state index in [2.05, 4.69) is 10.5 Å². The fourth-order valence-corrected chi connectivity index (χ4v) is 2.02. The third-order valence-electron chi connectivity index (χ3n) is 2.99. The van der Waals surface area contributed by atoms with Crippen LogP contribution in [0.1, 0.15) is 19.8 Å². The number of carbonyl (C=O) groups excluding carboxylic acids is 1. The van der Waals surface area contributed by atoms with E-state index in [1.807, 2.05) is 17.9 Å². The number of hydrogen-bond donors (Lipinski definition) is 2. The van der Waals surface area contributed by atoms with Crippen molar-refractivity contribution in [3.63, 3.8) is 0 Å². The zero-order valence-corrected chi connectivity index (χ0v) is 10.0. The first kappa shape index (κ1) is 13.5. The van der Waals surface area contributed by atoms with Gasteiger partial charge in [-0.3, -0.25) is 9.69 Å². The van der Waals surface area contributed by atoms with Crippen molar-refractivity contribution in [3.05, 3.63) is 0 Å². The second-order valence-corrected chi connectivity index (χ2v) is 4.12. The van der Waals surface area contributed by atoms with E-state index in [0.717, 1.165) is 25.2 Å². The van der Waals surface area contributed by atoms with Crippen LogP contribution < -0.4 is 5.32 Å². The molecule has 1 heterocycles. The summed E-state index contributed by atoms with van der Waals surface area (Å²) in [6.07, 6.45) is 1.59. The monoisotopic (exact) mass is 238 g/mol. The molecule has 6 heteroatoms. The number of likely N-dealkylation sites (tertiary alicyclic amines) is 1. The number of piperidine rings is 1. The van der Waals surface area contributed by atoms with E-state index in [4.69, 9.17) is 10.5 Å². The molecule has 0 bridgehead atoms. The molecule has 1 aliphatic rings. The first-order valence-corrected chi connectivity index (χ1v) is 5.78. The molecular weight excluding hydrogens is 220 g/mol. The van der Waals surface area contributed by atoms with Crippen LogP contribution in [0.2, 0.25) is 0 Å². The van der Waals surface area contributed by atoms with Gasteiger partial charge in [-0.25, -0.2) is 0 Å². The standard InChI is InChI=1S/C11H18N4O2/c1-2-9-7-15(6-3-10(9)14-17)8-11(16)13-5-4-12/h9,17H,2-3,5-8H2,1H3,(H,13,16). The van der Waals surface area contributed by atoms with E-state index in [1.165, 1.54) is 0 Å². The normalized spacial score (nSPS) is 23.3. The fourth-order valence-electron chi connectivity index (χ4n) is 2.02. The van der Waals surface area contributed by atoms with Crippen molar-refractivity contribution in [3.8, 4) is 6.07 Å². The molecule has 0 aliphatic carbocycles. The molecule has 0 radical (unpaired) electrons. The van der Waals surface area contributed by atoms with Crippen LogP contribution in [-0.2, 0) is 4.79 Å². The minimum absolute atomic E-state index is 0.0488. The molecule has 6 nitrogen and oxygen atoms in total. The Bertz CT molecular complexity index is 335. The highest BCUT2D eigenvalue weighted by Gasteiger charge is 2.25. The van der Waals surface area contributed by atoms with Crippen molar-refractivity contribution >= 4 is 11.6 Å². The number of amides is 1. The Labute approximate surface area is 101 Å². The smallest absolute Gasteiger partial charge is 0.235 e. The Morgan fingerprint density at radius 1 is 1.76 bits per heavy atom. The lowest BCUT2D eigenvalue weighted by Gasteiger charge is -2.32. The molecule has 17 heavy (non-hydrogen) atoms. The minimum Gasteiger partial charge on any atom is -0.411 e. The van der Waals surface area contributed by atoms with Gasteiger partial charge in [-0.15, -0.1) is 0 Å². The molecule has 1 saturated heterocycles. The van der Waals surface area contributed by atoms with E-state index >= 15 is 0 Å². The molecule has 0 aromatic carbocycles. The molecule has 0 aromatic rings. The van der Waals surface area contributed by atoms with Crippen LogP contribution >= 0.6 is 0 Å². The van der Waals surface area contributed by atoms with Gasteiger partial charge in [0.1, 0.15) is 6.54 Å². The predicted octanol–water partition coefficient (Wildman–Crippen LogP) is 0.188. The van der Waals surface area contributed by atoms with Crippen LogP contribution in [0.15, 0.2) is 5.16 Å². The molecule has 0 saturated carbocycles. The van der Waals surface area contributed by atoms with Gasteiger partial charge in [0.05, 0.1) is 18.3 Å². The quantitative estimate of drug-likeness (QED) is 0.415. The van der Waals surface area contributed by atoms with E-state index in [0.29, 0.717) is 13.0 Å². The number of hydrogen-bond acceptors (Lipinski definition) is 5. The number of rotatable bonds is 4. The van der Waals surface area contributed by atoms with Crippen LogP contribution in [-0.4, -0.2) is 47.9 Å². The molecule has 1 atom stereocenters. The van der Waals surface area contributed by atoms with Gasteiger partial charge >= 0.3 is 0 Å². The Kier molecular flexibility index (Phi) is 5.43. The Morgan fingerprint density at radius 2 is 2.53 bits per heavy atom. The molecule has 0 spiro atoms. The van der Waals surface area contributed by atoms with Gasteiger partial charge in [0.2, 0.25) is 5.91 Å². The molecule has 1 aliphatic heterocycles. The lowest BCUT2D eigenvalue weighted by Crippen LogP contribution is -2.45. The highest BCUT2D eigenvalue weighted by atomic mass is 16.4. The molecule has 1 fully saturated rings. The summed E-state index contributed by atoms with van der Waals surface area (Å²) in [5, 5.41) is 23.0. The summed E-state index contributed by atoms with van der Waals surface area (Å²) in [6, 6.07) is 1.87. The molecule has 2 N–H and O–H groups in total. The Hall–Kier alpha value is -1.61. The third kappa shape index (κ3) is 4.04. The van der Waals surface area contributed by atoms with Gasteiger partial charge in [0.25, 0.3) is 0 Å². The van der Waals surface area contributed by atoms with Crippen molar-refractivity contribution in [2.75, 3.05) is 26.2 Å². The average molecular weight is 238 g/mol. The zero-order chi connectivity index (χ0) is 12.7. The lowest BCUT2D eigenvalue weighted by atomic mass is 9.93. The highest BCUT2D eigenvalue weighted by molar-refractivity contribution is 5.87. The fraction of sp³-hybridized carbons (Fsp3) is 0.727. The molecule has 94 valence electrons. The number of nitriles is 1. The van der Waals surface area contributed by atoms with Crippen LogP contribution in [0.25, 0.3) is 0 Å². The van der Waals surface area contributed by atoms with Crippen molar-refractivity contribution in [2.24, 2.45) is 11.1 Å². The molecule has 0 aromatic heterocycles. The maximum atomic E-state index is 11.4. The summed E-state index contributed by atoms with van der Waals surface area (Å²) in [7, 11) is 0. The Morgan fingerprint density at radius 3 is 3.12 bits per heavy atom. The summed E-state index contributed by atoms with van der Waals surface area (Å²) >= 11 is 0. The largest absolute Gasteiger partial charge is 0.411 e. The van der Waals surface area contributed by atoms with E-state index < -0.39 is 0 Å². The van der Waals surface area contributed by atoms with Crippen LogP contribution in [0.4, 0.5) is 0 Å². The van der Waals surface area contributed by atoms with Gasteiger partial charge in [-0.2, -0.15) is 5.26 Å². The van der Waals surface area contributed by atoms with E-state index in [1.54, 1.807) is 0 Å². The number of carbonyl (C=O) groups is 1. The summed E-state index contributed by atoms with van der Waals surface area (Å²) in [6.45, 7) is 3.84. The van der Waals surface area contributed by atoms with Gasteiger partial charge < -0.3 is 10.5 Å². The molecule has 1 amide bonds. The summed E-state index contributed by atoms with van der Waals surface area (Å²) in [5.41, 5.74) is 0.821. The topological polar surface area (TPSA) is 88.7 Å². The van der Waals surface area contributed by atoms with Crippen molar-refractivity contribution in [2.45, 2.75) is 19.8 Å². The highest BCUT2D eigenvalue weighted by Crippen LogP contribution is 2.16. The number of nitrogens with zero attached hydrogens (tertiary/aromatic N) is 3. The van der Waals surface area contributed by atoms with E-state index in [9.17, 15) is 4.79 Å². The Balaban J connectivity index is 2.42. The van der Waals surface area contributed by atoms with Crippen molar-refractivity contribution in [1.29, 1.82) is 5.26 Å². The lowest BCUT2D eigenvalue weighted by molar-refractivity contribution is -0.122. The maximum absolute atomic E-state index is 11.4. The molecule has 1 unspecified atom stereocenters. The minimum atomic E-state index is -0.134. The van der Waals surface area contributed by atoms with Crippen molar-refractivity contribution < 1.29 is 10.0 Å². The molecular formula is C11H18N4O2. The van der Waals surface area contributed by atoms with Crippen molar-refractivity contribution in [1.82, 2.24) is 10.2 Å². The second kappa shape index (κ2) is 6.86. The average Bonchev–Trinajstić information content (AvgIpc) is 2.36. The second-order valence-electron chi connectivity index (χ2n) is 4.12. The SMILES string of the molecule is CCC1CN(CC(=O)NCC#N)CCC1=NO.